The fourth-order valence-corrected chi connectivity index (χ4v) is 2.88. The fourth-order valence-electron chi connectivity index (χ4n) is 2.10. The van der Waals surface area contributed by atoms with Crippen LogP contribution in [0.5, 0.6) is 0 Å². The maximum atomic E-state index is 12.2. The van der Waals surface area contributed by atoms with Crippen molar-refractivity contribution >= 4 is 39.0 Å². The summed E-state index contributed by atoms with van der Waals surface area (Å²) >= 11 is 1.20. The van der Waals surface area contributed by atoms with Crippen LogP contribution in [0.4, 0.5) is 5.69 Å². The molecule has 0 radical (unpaired) electrons. The van der Waals surface area contributed by atoms with E-state index in [1.807, 2.05) is 24.3 Å². The Bertz CT molecular complexity index is 939. The number of nitriles is 1. The van der Waals surface area contributed by atoms with E-state index < -0.39 is 11.7 Å². The molecule has 1 aromatic heterocycles. The minimum atomic E-state index is -0.673. The Kier molecular flexibility index (Phi) is 4.04. The molecule has 0 aliphatic heterocycles. The number of aliphatic hydroxyl groups is 1. The molecule has 23 heavy (non-hydrogen) atoms. The van der Waals surface area contributed by atoms with Crippen molar-refractivity contribution in [2.45, 2.75) is 0 Å². The van der Waals surface area contributed by atoms with E-state index in [-0.39, 0.29) is 11.3 Å². The highest BCUT2D eigenvalue weighted by Crippen LogP contribution is 2.28. The molecule has 0 bridgehead atoms. The number of carbonyl (C=O) groups is 1. The quantitative estimate of drug-likeness (QED) is 0.437. The van der Waals surface area contributed by atoms with E-state index >= 15 is 0 Å². The number of anilines is 1. The first kappa shape index (κ1) is 14.8. The lowest BCUT2D eigenvalue weighted by molar-refractivity contribution is -0.112. The van der Waals surface area contributed by atoms with E-state index in [1.54, 1.807) is 36.4 Å². The van der Waals surface area contributed by atoms with Crippen LogP contribution < -0.4 is 5.32 Å². The fraction of sp³-hybridized carbons (Fsp3) is 0. The van der Waals surface area contributed by atoms with Gasteiger partial charge in [0.05, 0.1) is 4.70 Å². The Labute approximate surface area is 136 Å². The van der Waals surface area contributed by atoms with Gasteiger partial charge in [0, 0.05) is 11.1 Å². The summed E-state index contributed by atoms with van der Waals surface area (Å²) in [5.41, 5.74) is 0.413. The van der Waals surface area contributed by atoms with Crippen molar-refractivity contribution in [2.75, 3.05) is 5.32 Å². The number of aliphatic hydroxyl groups excluding tert-OH is 1. The Morgan fingerprint density at radius 3 is 2.57 bits per heavy atom. The number of amides is 1. The standard InChI is InChI=1S/C17H11N3O2S/c18-10-13(17(22)19-11-6-2-1-3-7-11)16(21)15-12-8-4-5-9-14(12)23-20-15/h1-9,21H,(H,19,22)/b16-13-. The highest BCUT2D eigenvalue weighted by Gasteiger charge is 2.20. The second-order valence-corrected chi connectivity index (χ2v) is 5.49. The molecule has 1 amide bonds. The summed E-state index contributed by atoms with van der Waals surface area (Å²) in [5.74, 6) is -1.09. The highest BCUT2D eigenvalue weighted by molar-refractivity contribution is 7.13. The summed E-state index contributed by atoms with van der Waals surface area (Å²) < 4.78 is 5.03. The third-order valence-corrected chi connectivity index (χ3v) is 4.04. The second kappa shape index (κ2) is 6.30. The molecule has 0 saturated heterocycles. The average molecular weight is 321 g/mol. The predicted molar refractivity (Wildman–Crippen MR) is 89.9 cm³/mol. The molecule has 112 valence electrons. The molecule has 3 rings (SSSR count). The van der Waals surface area contributed by atoms with Crippen LogP contribution in [0.1, 0.15) is 5.69 Å². The van der Waals surface area contributed by atoms with Gasteiger partial charge in [-0.25, -0.2) is 0 Å². The van der Waals surface area contributed by atoms with Gasteiger partial charge in [0.2, 0.25) is 0 Å². The molecule has 0 spiro atoms. The van der Waals surface area contributed by atoms with Crippen LogP contribution in [0.25, 0.3) is 15.8 Å². The van der Waals surface area contributed by atoms with Gasteiger partial charge >= 0.3 is 0 Å². The molecule has 0 saturated carbocycles. The van der Waals surface area contributed by atoms with Crippen molar-refractivity contribution in [1.82, 2.24) is 4.37 Å². The minimum absolute atomic E-state index is 0.241. The number of nitrogens with one attached hydrogen (secondary N) is 1. The van der Waals surface area contributed by atoms with Gasteiger partial charge in [-0.2, -0.15) is 9.64 Å². The van der Waals surface area contributed by atoms with Crippen molar-refractivity contribution < 1.29 is 9.90 Å². The van der Waals surface area contributed by atoms with Crippen molar-refractivity contribution in [1.29, 1.82) is 5.26 Å². The monoisotopic (exact) mass is 321 g/mol. The number of para-hydroxylation sites is 1. The lowest BCUT2D eigenvalue weighted by Crippen LogP contribution is -2.15. The molecule has 0 aliphatic carbocycles. The molecule has 6 heteroatoms. The number of hydrogen-bond acceptors (Lipinski definition) is 5. The maximum Gasteiger partial charge on any atom is 0.270 e. The van der Waals surface area contributed by atoms with Crippen LogP contribution >= 0.6 is 11.5 Å². The highest BCUT2D eigenvalue weighted by atomic mass is 32.1. The predicted octanol–water partition coefficient (Wildman–Crippen LogP) is 3.73. The Morgan fingerprint density at radius 1 is 1.13 bits per heavy atom. The number of nitrogens with zero attached hydrogens (tertiary/aromatic N) is 2. The summed E-state index contributed by atoms with van der Waals surface area (Å²) in [4.78, 5) is 12.2. The van der Waals surface area contributed by atoms with E-state index in [0.717, 1.165) is 4.70 Å². The number of rotatable bonds is 3. The van der Waals surface area contributed by atoms with Crippen LogP contribution in [-0.2, 0) is 4.79 Å². The number of hydrogen-bond donors (Lipinski definition) is 2. The zero-order valence-corrected chi connectivity index (χ0v) is 12.7. The minimum Gasteiger partial charge on any atom is -0.504 e. The largest absolute Gasteiger partial charge is 0.504 e. The van der Waals surface area contributed by atoms with Gasteiger partial charge < -0.3 is 10.4 Å². The molecular weight excluding hydrogens is 310 g/mol. The molecule has 3 aromatic rings. The van der Waals surface area contributed by atoms with Crippen LogP contribution in [0.2, 0.25) is 0 Å². The van der Waals surface area contributed by atoms with E-state index in [0.29, 0.717) is 11.1 Å². The van der Waals surface area contributed by atoms with Crippen molar-refractivity contribution in [3.63, 3.8) is 0 Å². The van der Waals surface area contributed by atoms with Gasteiger partial charge in [-0.1, -0.05) is 36.4 Å². The summed E-state index contributed by atoms with van der Waals surface area (Å²) in [5, 5.41) is 22.9. The zero-order valence-electron chi connectivity index (χ0n) is 11.9. The van der Waals surface area contributed by atoms with Gasteiger partial charge in [0.1, 0.15) is 11.8 Å². The number of fused-ring (bicyclic) bond motifs is 1. The first-order valence-electron chi connectivity index (χ1n) is 6.75. The average Bonchev–Trinajstić information content (AvgIpc) is 3.00. The van der Waals surface area contributed by atoms with E-state index in [1.165, 1.54) is 11.5 Å². The molecular formula is C17H11N3O2S. The third kappa shape index (κ3) is 2.91. The smallest absolute Gasteiger partial charge is 0.270 e. The molecule has 0 atom stereocenters. The van der Waals surface area contributed by atoms with Crippen LogP contribution in [-0.4, -0.2) is 15.4 Å². The number of benzene rings is 2. The van der Waals surface area contributed by atoms with Crippen molar-refractivity contribution in [2.24, 2.45) is 0 Å². The molecule has 2 N–H and O–H groups in total. The first-order chi connectivity index (χ1) is 11.2. The maximum absolute atomic E-state index is 12.2. The van der Waals surface area contributed by atoms with Gasteiger partial charge in [-0.05, 0) is 29.7 Å². The van der Waals surface area contributed by atoms with Crippen LogP contribution in [0, 0.1) is 11.3 Å². The van der Waals surface area contributed by atoms with Crippen LogP contribution in [0.3, 0.4) is 0 Å². The molecule has 0 aliphatic rings. The third-order valence-electron chi connectivity index (χ3n) is 3.21. The number of aromatic nitrogens is 1. The molecule has 0 unspecified atom stereocenters. The van der Waals surface area contributed by atoms with E-state index in [2.05, 4.69) is 9.69 Å². The Balaban J connectivity index is 1.99. The summed E-state index contributed by atoms with van der Waals surface area (Å²) in [6.07, 6.45) is 0. The van der Waals surface area contributed by atoms with Crippen LogP contribution in [0.15, 0.2) is 60.2 Å². The van der Waals surface area contributed by atoms with Gasteiger partial charge in [-0.15, -0.1) is 0 Å². The summed E-state index contributed by atoms with van der Waals surface area (Å²) in [7, 11) is 0. The van der Waals surface area contributed by atoms with Crippen molar-refractivity contribution in [3.8, 4) is 6.07 Å². The van der Waals surface area contributed by atoms with Gasteiger partial charge in [0.25, 0.3) is 5.91 Å². The molecule has 1 heterocycles. The Morgan fingerprint density at radius 2 is 1.83 bits per heavy atom. The van der Waals surface area contributed by atoms with E-state index in [9.17, 15) is 15.2 Å². The van der Waals surface area contributed by atoms with Gasteiger partial charge in [-0.3, -0.25) is 4.79 Å². The van der Waals surface area contributed by atoms with Gasteiger partial charge in [0.15, 0.2) is 11.3 Å². The SMILES string of the molecule is N#C/C(C(=O)Nc1ccccc1)=C(/O)c1nsc2ccccc12. The van der Waals surface area contributed by atoms with Crippen molar-refractivity contribution in [3.05, 3.63) is 65.9 Å². The normalized spacial score (nSPS) is 11.6. The molecule has 5 nitrogen and oxygen atoms in total. The Hall–Kier alpha value is -3.17. The lowest BCUT2D eigenvalue weighted by Gasteiger charge is -2.05. The van der Waals surface area contributed by atoms with E-state index in [4.69, 9.17) is 0 Å². The summed E-state index contributed by atoms with van der Waals surface area (Å²) in [6, 6.07) is 17.8. The summed E-state index contributed by atoms with van der Waals surface area (Å²) in [6.45, 7) is 0. The second-order valence-electron chi connectivity index (χ2n) is 4.68. The number of carbonyl (C=O) groups excluding carboxylic acids is 1. The zero-order chi connectivity index (χ0) is 16.2. The molecule has 2 aromatic carbocycles. The molecule has 0 fully saturated rings. The lowest BCUT2D eigenvalue weighted by atomic mass is 10.1. The topological polar surface area (TPSA) is 86.0 Å². The first-order valence-corrected chi connectivity index (χ1v) is 7.52.